The summed E-state index contributed by atoms with van der Waals surface area (Å²) in [7, 11) is 0. The number of hydrogen-bond donors (Lipinski definition) is 1. The Morgan fingerprint density at radius 3 is 2.75 bits per heavy atom. The number of carbonyl (C=O) groups excluding carboxylic acids is 1. The van der Waals surface area contributed by atoms with Gasteiger partial charge < -0.3 is 15.0 Å². The second-order valence-corrected chi connectivity index (χ2v) is 5.75. The molecule has 1 aliphatic heterocycles. The normalized spacial score (nSPS) is 14.1. The Balaban J connectivity index is 1.81. The molecule has 5 nitrogen and oxygen atoms in total. The van der Waals surface area contributed by atoms with Crippen LogP contribution in [0.4, 0.5) is 11.4 Å². The van der Waals surface area contributed by atoms with Gasteiger partial charge in [-0.05, 0) is 42.8 Å². The van der Waals surface area contributed by atoms with Crippen molar-refractivity contribution >= 4 is 17.3 Å². The van der Waals surface area contributed by atoms with E-state index >= 15 is 0 Å². The van der Waals surface area contributed by atoms with Gasteiger partial charge in [0.05, 0.1) is 24.8 Å². The topological polar surface area (TPSA) is 65.4 Å². The lowest BCUT2D eigenvalue weighted by atomic mass is 10.1. The van der Waals surface area contributed by atoms with Crippen LogP contribution in [-0.2, 0) is 4.74 Å². The van der Waals surface area contributed by atoms with Crippen molar-refractivity contribution in [2.45, 2.75) is 6.92 Å². The summed E-state index contributed by atoms with van der Waals surface area (Å²) in [6.45, 7) is 5.10. The number of amides is 1. The van der Waals surface area contributed by atoms with E-state index in [0.29, 0.717) is 11.1 Å². The molecule has 0 aromatic heterocycles. The lowest BCUT2D eigenvalue weighted by Gasteiger charge is -2.29. The fourth-order valence-corrected chi connectivity index (χ4v) is 2.69. The van der Waals surface area contributed by atoms with E-state index in [1.807, 2.05) is 19.1 Å². The van der Waals surface area contributed by atoms with Crippen molar-refractivity contribution in [3.63, 3.8) is 0 Å². The van der Waals surface area contributed by atoms with Gasteiger partial charge in [0.2, 0.25) is 0 Å². The summed E-state index contributed by atoms with van der Waals surface area (Å²) >= 11 is 0. The predicted molar refractivity (Wildman–Crippen MR) is 93.3 cm³/mol. The van der Waals surface area contributed by atoms with E-state index in [2.05, 4.69) is 22.4 Å². The predicted octanol–water partition coefficient (Wildman–Crippen LogP) is 2.96. The van der Waals surface area contributed by atoms with E-state index in [0.717, 1.165) is 43.2 Å². The smallest absolute Gasteiger partial charge is 0.255 e. The number of carbonyl (C=O) groups is 1. The highest BCUT2D eigenvalue weighted by atomic mass is 16.5. The second-order valence-electron chi connectivity index (χ2n) is 5.75. The Labute approximate surface area is 141 Å². The molecule has 0 aliphatic carbocycles. The highest BCUT2D eigenvalue weighted by Gasteiger charge is 2.14. The summed E-state index contributed by atoms with van der Waals surface area (Å²) < 4.78 is 5.38. The molecule has 0 saturated carbocycles. The molecule has 1 saturated heterocycles. The van der Waals surface area contributed by atoms with E-state index in [-0.39, 0.29) is 5.91 Å². The molecule has 2 aromatic carbocycles. The lowest BCUT2D eigenvalue weighted by molar-refractivity contribution is 0.102. The molecular formula is C19H19N3O2. The van der Waals surface area contributed by atoms with E-state index in [9.17, 15) is 4.79 Å². The molecule has 24 heavy (non-hydrogen) atoms. The van der Waals surface area contributed by atoms with E-state index in [1.54, 1.807) is 24.3 Å². The molecule has 1 fully saturated rings. The Kier molecular flexibility index (Phi) is 4.78. The summed E-state index contributed by atoms with van der Waals surface area (Å²) in [5.41, 5.74) is 3.81. The third-order valence-electron chi connectivity index (χ3n) is 4.10. The zero-order valence-electron chi connectivity index (χ0n) is 13.6. The van der Waals surface area contributed by atoms with Gasteiger partial charge in [-0.2, -0.15) is 5.26 Å². The van der Waals surface area contributed by atoms with Crippen LogP contribution in [0.25, 0.3) is 0 Å². The molecule has 1 heterocycles. The van der Waals surface area contributed by atoms with Crippen LogP contribution in [0.1, 0.15) is 21.5 Å². The van der Waals surface area contributed by atoms with Crippen LogP contribution >= 0.6 is 0 Å². The number of hydrogen-bond acceptors (Lipinski definition) is 4. The third kappa shape index (κ3) is 3.55. The van der Waals surface area contributed by atoms with Gasteiger partial charge in [0.1, 0.15) is 0 Å². The number of benzene rings is 2. The highest BCUT2D eigenvalue weighted by Crippen LogP contribution is 2.24. The zero-order valence-corrected chi connectivity index (χ0v) is 13.6. The zero-order chi connectivity index (χ0) is 16.9. The minimum Gasteiger partial charge on any atom is -0.378 e. The Hall–Kier alpha value is -2.84. The van der Waals surface area contributed by atoms with Crippen molar-refractivity contribution in [2.75, 3.05) is 36.5 Å². The van der Waals surface area contributed by atoms with Crippen molar-refractivity contribution in [3.8, 4) is 6.07 Å². The number of nitrogens with zero attached hydrogens (tertiary/aromatic N) is 2. The highest BCUT2D eigenvalue weighted by molar-refractivity contribution is 6.05. The molecule has 1 aliphatic rings. The minimum atomic E-state index is -0.214. The lowest BCUT2D eigenvalue weighted by Crippen LogP contribution is -2.36. The average Bonchev–Trinajstić information content (AvgIpc) is 2.64. The van der Waals surface area contributed by atoms with Gasteiger partial charge in [0.25, 0.3) is 5.91 Å². The average molecular weight is 321 g/mol. The van der Waals surface area contributed by atoms with Crippen LogP contribution < -0.4 is 10.2 Å². The molecule has 0 spiro atoms. The molecule has 122 valence electrons. The van der Waals surface area contributed by atoms with Crippen LogP contribution in [0.2, 0.25) is 0 Å². The van der Waals surface area contributed by atoms with Crippen molar-refractivity contribution in [2.24, 2.45) is 0 Å². The van der Waals surface area contributed by atoms with Gasteiger partial charge in [0, 0.05) is 30.0 Å². The largest absolute Gasteiger partial charge is 0.378 e. The van der Waals surface area contributed by atoms with Crippen LogP contribution in [0, 0.1) is 18.3 Å². The molecule has 0 bridgehead atoms. The maximum Gasteiger partial charge on any atom is 0.255 e. The second kappa shape index (κ2) is 7.16. The fraction of sp³-hybridized carbons (Fsp3) is 0.263. The number of nitriles is 1. The number of ether oxygens (including phenoxy) is 1. The number of anilines is 2. The van der Waals surface area contributed by atoms with Crippen LogP contribution in [-0.4, -0.2) is 32.2 Å². The van der Waals surface area contributed by atoms with E-state index < -0.39 is 0 Å². The first-order valence-electron chi connectivity index (χ1n) is 7.92. The maximum atomic E-state index is 12.5. The molecular weight excluding hydrogens is 302 g/mol. The molecule has 1 N–H and O–H groups in total. The Bertz CT molecular complexity index is 789. The van der Waals surface area contributed by atoms with Gasteiger partial charge in [0.15, 0.2) is 0 Å². The summed E-state index contributed by atoms with van der Waals surface area (Å²) in [5.74, 6) is -0.214. The first-order valence-corrected chi connectivity index (χ1v) is 7.92. The molecule has 1 amide bonds. The van der Waals surface area contributed by atoms with E-state index in [4.69, 9.17) is 10.00 Å². The maximum absolute atomic E-state index is 12.5. The van der Waals surface area contributed by atoms with Gasteiger partial charge >= 0.3 is 0 Å². The number of morpholine rings is 1. The summed E-state index contributed by atoms with van der Waals surface area (Å²) in [6, 6.07) is 14.8. The molecule has 0 radical (unpaired) electrons. The number of rotatable bonds is 3. The third-order valence-corrected chi connectivity index (χ3v) is 4.10. The summed E-state index contributed by atoms with van der Waals surface area (Å²) in [4.78, 5) is 14.7. The van der Waals surface area contributed by atoms with E-state index in [1.165, 1.54) is 0 Å². The van der Waals surface area contributed by atoms with Crippen molar-refractivity contribution in [1.29, 1.82) is 5.26 Å². The van der Waals surface area contributed by atoms with Gasteiger partial charge in [-0.25, -0.2) is 0 Å². The summed E-state index contributed by atoms with van der Waals surface area (Å²) in [5, 5.41) is 11.9. The SMILES string of the molecule is Cc1ccc(N2CCOCC2)cc1NC(=O)c1cccc(C#N)c1. The van der Waals surface area contributed by atoms with Crippen LogP contribution in [0.5, 0.6) is 0 Å². The van der Waals surface area contributed by atoms with Crippen molar-refractivity contribution < 1.29 is 9.53 Å². The molecule has 5 heteroatoms. The van der Waals surface area contributed by atoms with Crippen molar-refractivity contribution in [3.05, 3.63) is 59.2 Å². The van der Waals surface area contributed by atoms with Crippen LogP contribution in [0.3, 0.4) is 0 Å². The standard InChI is InChI=1S/C19H19N3O2/c1-14-5-6-17(22-7-9-24-10-8-22)12-18(14)21-19(23)16-4-2-3-15(11-16)13-20/h2-6,11-12H,7-10H2,1H3,(H,21,23). The fourth-order valence-electron chi connectivity index (χ4n) is 2.69. The van der Waals surface area contributed by atoms with Crippen LogP contribution in [0.15, 0.2) is 42.5 Å². The van der Waals surface area contributed by atoms with Gasteiger partial charge in [-0.1, -0.05) is 12.1 Å². The molecule has 0 atom stereocenters. The Morgan fingerprint density at radius 2 is 2.00 bits per heavy atom. The first kappa shape index (κ1) is 16.0. The van der Waals surface area contributed by atoms with Gasteiger partial charge in [-0.3, -0.25) is 4.79 Å². The first-order chi connectivity index (χ1) is 11.7. The van der Waals surface area contributed by atoms with Gasteiger partial charge in [-0.15, -0.1) is 0 Å². The Morgan fingerprint density at radius 1 is 1.21 bits per heavy atom. The number of aryl methyl sites for hydroxylation is 1. The summed E-state index contributed by atoms with van der Waals surface area (Å²) in [6.07, 6.45) is 0. The molecule has 2 aromatic rings. The quantitative estimate of drug-likeness (QED) is 0.944. The van der Waals surface area contributed by atoms with Crippen molar-refractivity contribution in [1.82, 2.24) is 0 Å². The monoisotopic (exact) mass is 321 g/mol. The molecule has 0 unspecified atom stereocenters. The molecule has 3 rings (SSSR count). The number of nitrogens with one attached hydrogen (secondary N) is 1. The minimum absolute atomic E-state index is 0.214.